The van der Waals surface area contributed by atoms with Crippen LogP contribution in [0, 0.1) is 33.1 Å². The number of hydrogen-bond donors (Lipinski definition) is 1. The average Bonchev–Trinajstić information content (AvgIpc) is 3.20. The lowest BCUT2D eigenvalue weighted by molar-refractivity contribution is -0.114. The standard InChI is InChI=1S/C22H23N5OS/c1-6-19-25-27-20(23)17(21(28)24-22(27)29-19)11-16-10-14(4)26(15(16)5)18-8-7-12(2)9-13(18)3/h7-11,23H,6H2,1-5H3/b17-11-,23-20?. The van der Waals surface area contributed by atoms with Crippen molar-refractivity contribution >= 4 is 39.8 Å². The molecule has 0 unspecified atom stereocenters. The Kier molecular flexibility index (Phi) is 4.78. The second kappa shape index (κ2) is 7.15. The molecule has 2 aliphatic rings. The Hall–Kier alpha value is -2.93. The second-order valence-electron chi connectivity index (χ2n) is 7.32. The molecule has 1 amide bonds. The van der Waals surface area contributed by atoms with Crippen LogP contribution in [0.15, 0.2) is 39.9 Å². The van der Waals surface area contributed by atoms with Gasteiger partial charge in [-0.3, -0.25) is 10.2 Å². The third-order valence-electron chi connectivity index (χ3n) is 5.16. The minimum atomic E-state index is -0.391. The highest BCUT2D eigenvalue weighted by atomic mass is 32.2. The predicted octanol–water partition coefficient (Wildman–Crippen LogP) is 4.74. The number of fused-ring (bicyclic) bond motifs is 1. The monoisotopic (exact) mass is 405 g/mol. The van der Waals surface area contributed by atoms with Gasteiger partial charge in [0, 0.05) is 17.1 Å². The van der Waals surface area contributed by atoms with Gasteiger partial charge in [0.25, 0.3) is 5.91 Å². The van der Waals surface area contributed by atoms with Crippen molar-refractivity contribution < 1.29 is 4.79 Å². The zero-order valence-corrected chi connectivity index (χ0v) is 18.0. The lowest BCUT2D eigenvalue weighted by Gasteiger charge is -2.20. The van der Waals surface area contributed by atoms with Crippen molar-refractivity contribution in [2.75, 3.05) is 0 Å². The SMILES string of the molecule is CCC1=NN2C(=N)/C(=C/c3cc(C)n(-c4ccc(C)cc4C)c3C)C(=O)N=C2S1. The fraction of sp³-hybridized carbons (Fsp3) is 0.273. The van der Waals surface area contributed by atoms with Crippen LogP contribution < -0.4 is 0 Å². The van der Waals surface area contributed by atoms with Crippen molar-refractivity contribution in [3.8, 4) is 5.69 Å². The highest BCUT2D eigenvalue weighted by Gasteiger charge is 2.35. The number of aryl methyl sites for hydroxylation is 3. The molecular weight excluding hydrogens is 382 g/mol. The van der Waals surface area contributed by atoms with Gasteiger partial charge < -0.3 is 4.57 Å². The number of amidine groups is 2. The summed E-state index contributed by atoms with van der Waals surface area (Å²) < 4.78 is 2.19. The topological polar surface area (TPSA) is 73.8 Å². The van der Waals surface area contributed by atoms with E-state index in [9.17, 15) is 4.79 Å². The third kappa shape index (κ3) is 3.25. The number of thioether (sulfide) groups is 1. The lowest BCUT2D eigenvalue weighted by Crippen LogP contribution is -2.35. The molecule has 2 aliphatic heterocycles. The molecule has 2 aromatic rings. The molecule has 0 spiro atoms. The Morgan fingerprint density at radius 3 is 2.62 bits per heavy atom. The third-order valence-corrected chi connectivity index (χ3v) is 6.21. The number of carbonyl (C=O) groups excluding carboxylic acids is 1. The summed E-state index contributed by atoms with van der Waals surface area (Å²) >= 11 is 1.35. The first-order chi connectivity index (χ1) is 13.8. The van der Waals surface area contributed by atoms with Crippen LogP contribution in [0.3, 0.4) is 0 Å². The number of nitrogens with zero attached hydrogens (tertiary/aromatic N) is 4. The molecule has 0 fully saturated rings. The van der Waals surface area contributed by atoms with Crippen molar-refractivity contribution in [1.82, 2.24) is 9.58 Å². The Bertz CT molecular complexity index is 1150. The van der Waals surface area contributed by atoms with E-state index in [-0.39, 0.29) is 11.4 Å². The molecule has 7 heteroatoms. The summed E-state index contributed by atoms with van der Waals surface area (Å²) in [5.74, 6) is -0.315. The van der Waals surface area contributed by atoms with Gasteiger partial charge in [-0.25, -0.2) is 0 Å². The normalized spacial score (nSPS) is 17.7. The Morgan fingerprint density at radius 1 is 1.17 bits per heavy atom. The van der Waals surface area contributed by atoms with Gasteiger partial charge in [0.2, 0.25) is 5.17 Å². The molecule has 0 atom stereocenters. The maximum absolute atomic E-state index is 12.6. The molecule has 0 saturated carbocycles. The first kappa shape index (κ1) is 19.4. The van der Waals surface area contributed by atoms with E-state index in [0.717, 1.165) is 34.1 Å². The van der Waals surface area contributed by atoms with Gasteiger partial charge in [-0.1, -0.05) is 24.6 Å². The maximum Gasteiger partial charge on any atom is 0.283 e. The molecule has 1 aromatic carbocycles. The summed E-state index contributed by atoms with van der Waals surface area (Å²) in [5, 5.41) is 15.7. The Balaban J connectivity index is 1.77. The van der Waals surface area contributed by atoms with E-state index in [0.29, 0.717) is 5.17 Å². The van der Waals surface area contributed by atoms with E-state index in [1.807, 2.05) is 26.8 Å². The van der Waals surface area contributed by atoms with Crippen LogP contribution in [0.2, 0.25) is 0 Å². The van der Waals surface area contributed by atoms with Crippen molar-refractivity contribution in [2.24, 2.45) is 10.1 Å². The highest BCUT2D eigenvalue weighted by molar-refractivity contribution is 8.26. The quantitative estimate of drug-likeness (QED) is 0.750. The first-order valence-corrected chi connectivity index (χ1v) is 10.4. The number of rotatable bonds is 3. The number of benzene rings is 1. The summed E-state index contributed by atoms with van der Waals surface area (Å²) in [6.07, 6.45) is 2.51. The summed E-state index contributed by atoms with van der Waals surface area (Å²) in [6, 6.07) is 8.43. The highest BCUT2D eigenvalue weighted by Crippen LogP contribution is 2.31. The fourth-order valence-corrected chi connectivity index (χ4v) is 4.52. The van der Waals surface area contributed by atoms with Crippen LogP contribution in [0.4, 0.5) is 0 Å². The van der Waals surface area contributed by atoms with Gasteiger partial charge in [-0.2, -0.15) is 15.1 Å². The number of nitrogens with one attached hydrogen (secondary N) is 1. The van der Waals surface area contributed by atoms with Crippen LogP contribution in [0.25, 0.3) is 11.8 Å². The molecular formula is C22H23N5OS. The van der Waals surface area contributed by atoms with Gasteiger partial charge >= 0.3 is 0 Å². The summed E-state index contributed by atoms with van der Waals surface area (Å²) in [4.78, 5) is 16.8. The summed E-state index contributed by atoms with van der Waals surface area (Å²) in [6.45, 7) is 10.3. The van der Waals surface area contributed by atoms with Gasteiger partial charge in [0.1, 0.15) is 5.04 Å². The van der Waals surface area contributed by atoms with Crippen LogP contribution in [-0.2, 0) is 4.79 Å². The molecule has 0 aliphatic carbocycles. The molecule has 148 valence electrons. The number of hydrazone groups is 1. The number of amides is 1. The predicted molar refractivity (Wildman–Crippen MR) is 120 cm³/mol. The molecule has 0 radical (unpaired) electrons. The van der Waals surface area contributed by atoms with Gasteiger partial charge in [0.05, 0.1) is 5.57 Å². The van der Waals surface area contributed by atoms with Crippen molar-refractivity contribution in [3.63, 3.8) is 0 Å². The van der Waals surface area contributed by atoms with Crippen LogP contribution >= 0.6 is 11.8 Å². The van der Waals surface area contributed by atoms with Crippen LogP contribution in [0.1, 0.15) is 41.4 Å². The number of carbonyl (C=O) groups is 1. The lowest BCUT2D eigenvalue weighted by atomic mass is 10.1. The summed E-state index contributed by atoms with van der Waals surface area (Å²) in [5.41, 5.74) is 6.79. The molecule has 1 N–H and O–H groups in total. The second-order valence-corrected chi connectivity index (χ2v) is 8.36. The largest absolute Gasteiger partial charge is 0.318 e. The van der Waals surface area contributed by atoms with Gasteiger partial charge in [-0.05, 0) is 75.2 Å². The van der Waals surface area contributed by atoms with Crippen molar-refractivity contribution in [1.29, 1.82) is 5.41 Å². The van der Waals surface area contributed by atoms with Gasteiger partial charge in [0.15, 0.2) is 5.84 Å². The summed E-state index contributed by atoms with van der Waals surface area (Å²) in [7, 11) is 0. The smallest absolute Gasteiger partial charge is 0.283 e. The zero-order valence-electron chi connectivity index (χ0n) is 17.2. The van der Waals surface area contributed by atoms with Crippen molar-refractivity contribution in [3.05, 3.63) is 57.9 Å². The fourth-order valence-electron chi connectivity index (χ4n) is 3.69. The molecule has 6 nitrogen and oxygen atoms in total. The van der Waals surface area contributed by atoms with E-state index in [4.69, 9.17) is 5.41 Å². The van der Waals surface area contributed by atoms with Crippen LogP contribution in [0.5, 0.6) is 0 Å². The van der Waals surface area contributed by atoms with Gasteiger partial charge in [-0.15, -0.1) is 0 Å². The number of aromatic nitrogens is 1. The molecule has 29 heavy (non-hydrogen) atoms. The van der Waals surface area contributed by atoms with E-state index in [1.165, 1.54) is 27.9 Å². The minimum absolute atomic E-state index is 0.0762. The number of hydrogen-bond acceptors (Lipinski definition) is 4. The van der Waals surface area contributed by atoms with E-state index >= 15 is 0 Å². The maximum atomic E-state index is 12.6. The van der Waals surface area contributed by atoms with E-state index < -0.39 is 5.91 Å². The molecule has 0 bridgehead atoms. The number of aliphatic imine (C=N–C) groups is 1. The molecule has 3 heterocycles. The van der Waals surface area contributed by atoms with Crippen molar-refractivity contribution in [2.45, 2.75) is 41.0 Å². The van der Waals surface area contributed by atoms with E-state index in [1.54, 1.807) is 6.08 Å². The first-order valence-electron chi connectivity index (χ1n) is 9.55. The Labute approximate surface area is 174 Å². The average molecular weight is 406 g/mol. The molecule has 1 aromatic heterocycles. The molecule has 4 rings (SSSR count). The van der Waals surface area contributed by atoms with Crippen LogP contribution in [-0.4, -0.2) is 31.5 Å². The molecule has 0 saturated heterocycles. The Morgan fingerprint density at radius 2 is 1.93 bits per heavy atom. The van der Waals surface area contributed by atoms with E-state index in [2.05, 4.69) is 46.7 Å². The minimum Gasteiger partial charge on any atom is -0.318 e. The zero-order chi connectivity index (χ0) is 20.9.